The Morgan fingerprint density at radius 2 is 1.94 bits per heavy atom. The lowest BCUT2D eigenvalue weighted by atomic mass is 10.1. The summed E-state index contributed by atoms with van der Waals surface area (Å²) >= 11 is 0. The highest BCUT2D eigenvalue weighted by atomic mass is 16.3. The molecule has 6 nitrogen and oxygen atoms in total. The van der Waals surface area contributed by atoms with E-state index in [0.29, 0.717) is 24.0 Å². The van der Waals surface area contributed by atoms with Gasteiger partial charge in [-0.25, -0.2) is 4.98 Å². The lowest BCUT2D eigenvalue weighted by molar-refractivity contribution is 0.0946. The molecule has 4 aromatic rings. The van der Waals surface area contributed by atoms with E-state index in [9.17, 15) is 4.79 Å². The molecule has 0 unspecified atom stereocenters. The van der Waals surface area contributed by atoms with E-state index in [1.54, 1.807) is 0 Å². The van der Waals surface area contributed by atoms with E-state index < -0.39 is 0 Å². The number of rotatable bonds is 10. The van der Waals surface area contributed by atoms with Gasteiger partial charge in [-0.3, -0.25) is 9.69 Å². The number of benzene rings is 2. The number of hydrogen-bond acceptors (Lipinski definition) is 4. The van der Waals surface area contributed by atoms with E-state index in [1.165, 1.54) is 41.2 Å². The number of nitrogens with zero attached hydrogens (tertiary/aromatic N) is 2. The number of hydrogen-bond donors (Lipinski definition) is 2. The lowest BCUT2D eigenvalue weighted by Crippen LogP contribution is -2.27. The van der Waals surface area contributed by atoms with Gasteiger partial charge in [0.2, 0.25) is 5.89 Å². The van der Waals surface area contributed by atoms with Gasteiger partial charge in [-0.05, 0) is 54.9 Å². The molecule has 2 N–H and O–H groups in total. The van der Waals surface area contributed by atoms with Crippen LogP contribution in [-0.4, -0.2) is 33.9 Å². The molecule has 33 heavy (non-hydrogen) atoms. The average Bonchev–Trinajstić information content (AvgIpc) is 3.39. The van der Waals surface area contributed by atoms with Gasteiger partial charge in [0.05, 0.1) is 6.54 Å². The van der Waals surface area contributed by atoms with Crippen LogP contribution >= 0.6 is 0 Å². The van der Waals surface area contributed by atoms with Crippen molar-refractivity contribution in [1.29, 1.82) is 0 Å². The van der Waals surface area contributed by atoms with Crippen molar-refractivity contribution in [2.75, 3.05) is 13.1 Å². The zero-order chi connectivity index (χ0) is 22.6. The van der Waals surface area contributed by atoms with Gasteiger partial charge < -0.3 is 14.7 Å². The van der Waals surface area contributed by atoms with Gasteiger partial charge in [-0.2, -0.15) is 0 Å². The first-order valence-electron chi connectivity index (χ1n) is 11.7. The Morgan fingerprint density at radius 3 is 2.79 bits per heavy atom. The van der Waals surface area contributed by atoms with Crippen molar-refractivity contribution in [3.05, 3.63) is 89.3 Å². The van der Waals surface area contributed by atoms with Crippen molar-refractivity contribution in [1.82, 2.24) is 20.2 Å². The van der Waals surface area contributed by atoms with Crippen molar-refractivity contribution in [3.8, 4) is 0 Å². The Hall–Kier alpha value is -3.38. The van der Waals surface area contributed by atoms with Gasteiger partial charge in [0.1, 0.15) is 6.26 Å². The van der Waals surface area contributed by atoms with E-state index in [1.807, 2.05) is 6.07 Å². The van der Waals surface area contributed by atoms with Crippen molar-refractivity contribution in [3.63, 3.8) is 0 Å². The molecule has 1 aliphatic carbocycles. The molecule has 0 aliphatic heterocycles. The molecule has 1 saturated carbocycles. The first-order valence-corrected chi connectivity index (χ1v) is 11.7. The van der Waals surface area contributed by atoms with Crippen molar-refractivity contribution in [2.45, 2.75) is 39.3 Å². The fraction of sp³-hybridized carbons (Fsp3) is 0.333. The fourth-order valence-corrected chi connectivity index (χ4v) is 4.19. The maximum atomic E-state index is 12.4. The van der Waals surface area contributed by atoms with Crippen molar-refractivity contribution in [2.24, 2.45) is 5.92 Å². The molecule has 1 fully saturated rings. The normalized spacial score (nSPS) is 13.6. The minimum Gasteiger partial charge on any atom is -0.447 e. The summed E-state index contributed by atoms with van der Waals surface area (Å²) in [6.45, 7) is 5.06. The van der Waals surface area contributed by atoms with E-state index in [2.05, 4.69) is 75.8 Å². The molecule has 1 amide bonds. The third-order valence-electron chi connectivity index (χ3n) is 6.42. The zero-order valence-corrected chi connectivity index (χ0v) is 19.0. The topological polar surface area (TPSA) is 74.2 Å². The van der Waals surface area contributed by atoms with Gasteiger partial charge in [0, 0.05) is 36.7 Å². The fourth-order valence-electron chi connectivity index (χ4n) is 4.19. The van der Waals surface area contributed by atoms with Crippen LogP contribution in [-0.2, 0) is 19.5 Å². The van der Waals surface area contributed by atoms with E-state index in [-0.39, 0.29) is 5.91 Å². The molecule has 0 saturated heterocycles. The van der Waals surface area contributed by atoms with Gasteiger partial charge >= 0.3 is 0 Å². The summed E-state index contributed by atoms with van der Waals surface area (Å²) in [4.78, 5) is 22.5. The SMILES string of the molecule is Cc1ccccc1CN(CCc1c[nH]c2ccccc12)Cc1nc(C(=O)NCC2CC2)co1. The van der Waals surface area contributed by atoms with Crippen LogP contribution in [0.15, 0.2) is 65.4 Å². The number of aromatic nitrogens is 2. The molecule has 6 heteroatoms. The number of aromatic amines is 1. The second-order valence-electron chi connectivity index (χ2n) is 9.03. The van der Waals surface area contributed by atoms with E-state index in [0.717, 1.165) is 31.6 Å². The van der Waals surface area contributed by atoms with Gasteiger partial charge in [-0.1, -0.05) is 42.5 Å². The van der Waals surface area contributed by atoms with E-state index in [4.69, 9.17) is 4.42 Å². The highest BCUT2D eigenvalue weighted by Gasteiger charge is 2.23. The Morgan fingerprint density at radius 1 is 1.12 bits per heavy atom. The maximum Gasteiger partial charge on any atom is 0.273 e. The predicted molar refractivity (Wildman–Crippen MR) is 129 cm³/mol. The Labute approximate surface area is 194 Å². The standard InChI is InChI=1S/C27H30N4O2/c1-19-6-2-3-7-22(19)16-31(13-12-21-15-28-24-9-5-4-8-23(21)24)17-26-30-25(18-33-26)27(32)29-14-20-10-11-20/h2-9,15,18,20,28H,10-14,16-17H2,1H3,(H,29,32). The second-order valence-corrected chi connectivity index (χ2v) is 9.03. The van der Waals surface area contributed by atoms with Gasteiger partial charge in [-0.15, -0.1) is 0 Å². The minimum atomic E-state index is -0.152. The average molecular weight is 443 g/mol. The quantitative estimate of drug-likeness (QED) is 0.368. The highest BCUT2D eigenvalue weighted by Crippen LogP contribution is 2.27. The highest BCUT2D eigenvalue weighted by molar-refractivity contribution is 5.91. The largest absolute Gasteiger partial charge is 0.447 e. The summed E-state index contributed by atoms with van der Waals surface area (Å²) in [5, 5.41) is 4.22. The van der Waals surface area contributed by atoms with Gasteiger partial charge in [0.15, 0.2) is 5.69 Å². The third kappa shape index (κ3) is 5.34. The van der Waals surface area contributed by atoms with Crippen LogP contribution in [0.4, 0.5) is 0 Å². The van der Waals surface area contributed by atoms with Crippen LogP contribution in [0, 0.1) is 12.8 Å². The molecule has 0 spiro atoms. The predicted octanol–water partition coefficient (Wildman–Crippen LogP) is 4.85. The molecular weight excluding hydrogens is 412 g/mol. The molecule has 170 valence electrons. The number of oxazole rings is 1. The number of amides is 1. The molecule has 2 aromatic heterocycles. The smallest absolute Gasteiger partial charge is 0.273 e. The Balaban J connectivity index is 1.29. The Bertz CT molecular complexity index is 1240. The molecule has 0 radical (unpaired) electrons. The monoisotopic (exact) mass is 442 g/mol. The Kier molecular flexibility index (Phi) is 6.26. The van der Waals surface area contributed by atoms with Crippen LogP contribution in [0.3, 0.4) is 0 Å². The number of H-pyrrole nitrogens is 1. The summed E-state index contributed by atoms with van der Waals surface area (Å²) in [7, 11) is 0. The number of carbonyl (C=O) groups is 1. The summed E-state index contributed by atoms with van der Waals surface area (Å²) in [5.74, 6) is 1.05. The number of fused-ring (bicyclic) bond motifs is 1. The summed E-state index contributed by atoms with van der Waals surface area (Å²) in [6, 6.07) is 16.8. The molecule has 0 atom stereocenters. The number of para-hydroxylation sites is 1. The number of aryl methyl sites for hydroxylation is 1. The van der Waals surface area contributed by atoms with Crippen LogP contribution < -0.4 is 5.32 Å². The minimum absolute atomic E-state index is 0.152. The first-order chi connectivity index (χ1) is 16.2. The van der Waals surface area contributed by atoms with Crippen LogP contribution in [0.25, 0.3) is 10.9 Å². The third-order valence-corrected chi connectivity index (χ3v) is 6.42. The molecule has 2 aromatic carbocycles. The molecule has 5 rings (SSSR count). The van der Waals surface area contributed by atoms with Crippen LogP contribution in [0.5, 0.6) is 0 Å². The number of carbonyl (C=O) groups excluding carboxylic acids is 1. The van der Waals surface area contributed by atoms with Crippen molar-refractivity contribution < 1.29 is 9.21 Å². The molecule has 2 heterocycles. The van der Waals surface area contributed by atoms with Crippen molar-refractivity contribution >= 4 is 16.8 Å². The maximum absolute atomic E-state index is 12.4. The molecule has 0 bridgehead atoms. The zero-order valence-electron chi connectivity index (χ0n) is 19.0. The summed E-state index contributed by atoms with van der Waals surface area (Å²) < 4.78 is 5.69. The van der Waals surface area contributed by atoms with Crippen LogP contribution in [0.2, 0.25) is 0 Å². The van der Waals surface area contributed by atoms with Gasteiger partial charge in [0.25, 0.3) is 5.91 Å². The molecular formula is C27H30N4O2. The summed E-state index contributed by atoms with van der Waals surface area (Å²) in [6.07, 6.45) is 6.89. The van der Waals surface area contributed by atoms with E-state index >= 15 is 0 Å². The lowest BCUT2D eigenvalue weighted by Gasteiger charge is -2.22. The first kappa shape index (κ1) is 21.5. The summed E-state index contributed by atoms with van der Waals surface area (Å²) in [5.41, 5.74) is 5.37. The number of nitrogens with one attached hydrogen (secondary N) is 2. The molecule has 1 aliphatic rings. The second kappa shape index (κ2) is 9.63. The van der Waals surface area contributed by atoms with Crippen LogP contribution in [0.1, 0.15) is 45.9 Å².